The minimum atomic E-state index is -4.42. The van der Waals surface area contributed by atoms with Crippen LogP contribution in [0.25, 0.3) is 6.08 Å². The number of hydrogen-bond acceptors (Lipinski definition) is 2. The number of alkyl halides is 3. The van der Waals surface area contributed by atoms with Gasteiger partial charge in [-0.3, -0.25) is 0 Å². The number of aliphatic carboxylic acids is 1. The van der Waals surface area contributed by atoms with E-state index in [1.807, 2.05) is 0 Å². The van der Waals surface area contributed by atoms with Gasteiger partial charge in [0.2, 0.25) is 0 Å². The summed E-state index contributed by atoms with van der Waals surface area (Å²) < 4.78 is 53.2. The van der Waals surface area contributed by atoms with E-state index in [-0.39, 0.29) is 12.2 Å². The fraction of sp³-hybridized carbons (Fsp3) is 0.250. The van der Waals surface area contributed by atoms with Gasteiger partial charge in [0, 0.05) is 11.6 Å². The number of ether oxygens (including phenoxy) is 1. The SMILES string of the molecule is O=C(O)C=Cc1cc(COCC(F)(F)F)ccc1F. The third-order valence-corrected chi connectivity index (χ3v) is 2.00. The number of hydrogen-bond donors (Lipinski definition) is 1. The number of carboxylic acid groups (broad SMARTS) is 1. The van der Waals surface area contributed by atoms with Crippen LogP contribution in [0, 0.1) is 5.82 Å². The molecule has 0 aromatic heterocycles. The Morgan fingerprint density at radius 2 is 2.05 bits per heavy atom. The lowest BCUT2D eigenvalue weighted by molar-refractivity contribution is -0.176. The normalized spacial score (nSPS) is 12.0. The summed E-state index contributed by atoms with van der Waals surface area (Å²) in [5.74, 6) is -1.92. The molecule has 3 nitrogen and oxygen atoms in total. The van der Waals surface area contributed by atoms with Crippen molar-refractivity contribution >= 4 is 12.0 Å². The fourth-order valence-corrected chi connectivity index (χ4v) is 1.26. The summed E-state index contributed by atoms with van der Waals surface area (Å²) in [7, 11) is 0. The number of carboxylic acids is 1. The zero-order chi connectivity index (χ0) is 14.5. The van der Waals surface area contributed by atoms with Crippen molar-refractivity contribution in [2.75, 3.05) is 6.61 Å². The highest BCUT2D eigenvalue weighted by molar-refractivity contribution is 5.85. The monoisotopic (exact) mass is 278 g/mol. The van der Waals surface area contributed by atoms with Crippen molar-refractivity contribution in [3.63, 3.8) is 0 Å². The Hall–Kier alpha value is -1.89. The Balaban J connectivity index is 2.71. The molecule has 0 saturated heterocycles. The number of benzene rings is 1. The van der Waals surface area contributed by atoms with E-state index in [0.717, 1.165) is 18.2 Å². The molecule has 0 amide bonds. The number of carbonyl (C=O) groups is 1. The van der Waals surface area contributed by atoms with Gasteiger partial charge in [0.05, 0.1) is 6.61 Å². The van der Waals surface area contributed by atoms with Crippen molar-refractivity contribution in [2.24, 2.45) is 0 Å². The molecule has 1 N–H and O–H groups in total. The molecule has 0 aliphatic heterocycles. The predicted molar refractivity (Wildman–Crippen MR) is 58.8 cm³/mol. The van der Waals surface area contributed by atoms with Crippen LogP contribution < -0.4 is 0 Å². The van der Waals surface area contributed by atoms with Crippen molar-refractivity contribution in [1.82, 2.24) is 0 Å². The maximum Gasteiger partial charge on any atom is 0.411 e. The second-order valence-corrected chi connectivity index (χ2v) is 3.64. The molecule has 1 aromatic carbocycles. The summed E-state index contributed by atoms with van der Waals surface area (Å²) in [6.07, 6.45) is -2.67. The van der Waals surface area contributed by atoms with Gasteiger partial charge in [-0.1, -0.05) is 6.07 Å². The lowest BCUT2D eigenvalue weighted by atomic mass is 10.1. The molecular weight excluding hydrogens is 268 g/mol. The molecule has 7 heteroatoms. The van der Waals surface area contributed by atoms with E-state index in [1.165, 1.54) is 12.1 Å². The van der Waals surface area contributed by atoms with E-state index in [9.17, 15) is 22.4 Å². The molecule has 19 heavy (non-hydrogen) atoms. The van der Waals surface area contributed by atoms with Gasteiger partial charge < -0.3 is 9.84 Å². The molecule has 0 saturated carbocycles. The van der Waals surface area contributed by atoms with Crippen LogP contribution >= 0.6 is 0 Å². The second kappa shape index (κ2) is 6.33. The molecule has 1 rings (SSSR count). The fourth-order valence-electron chi connectivity index (χ4n) is 1.26. The molecule has 1 aromatic rings. The van der Waals surface area contributed by atoms with Crippen molar-refractivity contribution in [3.05, 3.63) is 41.2 Å². The second-order valence-electron chi connectivity index (χ2n) is 3.64. The van der Waals surface area contributed by atoms with Crippen LogP contribution in [0.5, 0.6) is 0 Å². The predicted octanol–water partition coefficient (Wildman–Crippen LogP) is 3.00. The van der Waals surface area contributed by atoms with Gasteiger partial charge >= 0.3 is 12.1 Å². The summed E-state index contributed by atoms with van der Waals surface area (Å²) in [6.45, 7) is -1.74. The van der Waals surface area contributed by atoms with Crippen LogP contribution in [0.1, 0.15) is 11.1 Å². The topological polar surface area (TPSA) is 46.5 Å². The molecule has 0 bridgehead atoms. The molecule has 0 radical (unpaired) electrons. The van der Waals surface area contributed by atoms with E-state index in [1.54, 1.807) is 0 Å². The molecule has 0 heterocycles. The molecule has 104 valence electrons. The highest BCUT2D eigenvalue weighted by Crippen LogP contribution is 2.17. The minimum absolute atomic E-state index is 0.0319. The number of halogens is 4. The van der Waals surface area contributed by atoms with E-state index < -0.39 is 24.6 Å². The Bertz CT molecular complexity index is 480. The smallest absolute Gasteiger partial charge is 0.411 e. The third-order valence-electron chi connectivity index (χ3n) is 2.00. The van der Waals surface area contributed by atoms with E-state index >= 15 is 0 Å². The summed E-state index contributed by atoms with van der Waals surface area (Å²) >= 11 is 0. The van der Waals surface area contributed by atoms with Gasteiger partial charge in [-0.2, -0.15) is 13.2 Å². The molecule has 0 aliphatic carbocycles. The minimum Gasteiger partial charge on any atom is -0.478 e. The first-order chi connectivity index (χ1) is 8.78. The summed E-state index contributed by atoms with van der Waals surface area (Å²) in [5.41, 5.74) is 0.284. The largest absolute Gasteiger partial charge is 0.478 e. The Kier molecular flexibility index (Phi) is 5.05. The van der Waals surface area contributed by atoms with Gasteiger partial charge in [0.1, 0.15) is 12.4 Å². The highest BCUT2D eigenvalue weighted by Gasteiger charge is 2.27. The van der Waals surface area contributed by atoms with Crippen LogP contribution in [0.3, 0.4) is 0 Å². The van der Waals surface area contributed by atoms with E-state index in [4.69, 9.17) is 5.11 Å². The maximum absolute atomic E-state index is 13.3. The Morgan fingerprint density at radius 3 is 2.63 bits per heavy atom. The summed E-state index contributed by atoms with van der Waals surface area (Å²) in [6, 6.07) is 3.53. The highest BCUT2D eigenvalue weighted by atomic mass is 19.4. The van der Waals surface area contributed by atoms with Gasteiger partial charge in [0.25, 0.3) is 0 Å². The zero-order valence-electron chi connectivity index (χ0n) is 9.58. The summed E-state index contributed by atoms with van der Waals surface area (Å²) in [5, 5.41) is 8.41. The van der Waals surface area contributed by atoms with Gasteiger partial charge in [-0.25, -0.2) is 9.18 Å². The van der Waals surface area contributed by atoms with Crippen LogP contribution in [0.2, 0.25) is 0 Å². The van der Waals surface area contributed by atoms with Crippen molar-refractivity contribution in [3.8, 4) is 0 Å². The molecular formula is C12H10F4O3. The lowest BCUT2D eigenvalue weighted by Crippen LogP contribution is -2.16. The standard InChI is InChI=1S/C12H10F4O3/c13-10-3-1-8(6-19-7-12(14,15)16)5-9(10)2-4-11(17)18/h1-5H,6-7H2,(H,17,18). The molecule has 0 atom stereocenters. The Morgan fingerprint density at radius 1 is 1.37 bits per heavy atom. The first-order valence-electron chi connectivity index (χ1n) is 5.12. The first kappa shape index (κ1) is 15.2. The lowest BCUT2D eigenvalue weighted by Gasteiger charge is -2.08. The quantitative estimate of drug-likeness (QED) is 0.665. The first-order valence-corrected chi connectivity index (χ1v) is 5.12. The van der Waals surface area contributed by atoms with Crippen LogP contribution in [0.15, 0.2) is 24.3 Å². The van der Waals surface area contributed by atoms with Gasteiger partial charge in [-0.05, 0) is 23.8 Å². The van der Waals surface area contributed by atoms with Gasteiger partial charge in [0.15, 0.2) is 0 Å². The summed E-state index contributed by atoms with van der Waals surface area (Å²) in [4.78, 5) is 10.3. The van der Waals surface area contributed by atoms with E-state index in [0.29, 0.717) is 5.56 Å². The Labute approximate surface area is 106 Å². The zero-order valence-corrected chi connectivity index (χ0v) is 9.58. The molecule has 0 aliphatic rings. The molecule has 0 unspecified atom stereocenters. The van der Waals surface area contributed by atoms with Crippen molar-refractivity contribution in [1.29, 1.82) is 0 Å². The van der Waals surface area contributed by atoms with Crippen LogP contribution in [-0.2, 0) is 16.1 Å². The third kappa shape index (κ3) is 6.01. The van der Waals surface area contributed by atoms with Crippen LogP contribution in [-0.4, -0.2) is 23.9 Å². The average Bonchev–Trinajstić information content (AvgIpc) is 2.27. The van der Waals surface area contributed by atoms with E-state index in [2.05, 4.69) is 4.74 Å². The molecule has 0 spiro atoms. The number of rotatable bonds is 5. The molecule has 0 fully saturated rings. The maximum atomic E-state index is 13.3. The van der Waals surface area contributed by atoms with Gasteiger partial charge in [-0.15, -0.1) is 0 Å². The van der Waals surface area contributed by atoms with Crippen molar-refractivity contribution in [2.45, 2.75) is 12.8 Å². The van der Waals surface area contributed by atoms with Crippen molar-refractivity contribution < 1.29 is 32.2 Å². The van der Waals surface area contributed by atoms with Crippen LogP contribution in [0.4, 0.5) is 17.6 Å². The average molecular weight is 278 g/mol.